The van der Waals surface area contributed by atoms with Crippen molar-refractivity contribution in [3.63, 3.8) is 0 Å². The number of hydrogen-bond acceptors (Lipinski definition) is 5. The number of sulfonamides is 1. The first-order chi connectivity index (χ1) is 14.5. The smallest absolute Gasteiger partial charge is 0.408 e. The Labute approximate surface area is 181 Å². The first kappa shape index (κ1) is 22.8. The van der Waals surface area contributed by atoms with Gasteiger partial charge < -0.3 is 9.73 Å². The van der Waals surface area contributed by atoms with Crippen LogP contribution in [0.1, 0.15) is 39.2 Å². The quantitative estimate of drug-likeness (QED) is 0.580. The zero-order chi connectivity index (χ0) is 22.9. The maximum absolute atomic E-state index is 12.9. The average molecular weight is 446 g/mol. The van der Waals surface area contributed by atoms with E-state index in [1.807, 2.05) is 12.1 Å². The number of aryl methyl sites for hydroxylation is 1. The molecule has 0 saturated heterocycles. The van der Waals surface area contributed by atoms with Crippen molar-refractivity contribution in [2.75, 3.05) is 5.32 Å². The van der Waals surface area contributed by atoms with Gasteiger partial charge >= 0.3 is 5.76 Å². The molecule has 1 amide bonds. The second-order valence-electron chi connectivity index (χ2n) is 8.17. The van der Waals surface area contributed by atoms with Gasteiger partial charge in [0.2, 0.25) is 15.9 Å². The second-order valence-corrected chi connectivity index (χ2v) is 9.88. The lowest BCUT2D eigenvalue weighted by atomic mass is 10.0. The minimum Gasteiger partial charge on any atom is -0.408 e. The highest BCUT2D eigenvalue weighted by atomic mass is 32.2. The van der Waals surface area contributed by atoms with Crippen molar-refractivity contribution in [2.24, 2.45) is 13.0 Å². The highest BCUT2D eigenvalue weighted by Gasteiger charge is 2.29. The van der Waals surface area contributed by atoms with Gasteiger partial charge in [-0.15, -0.1) is 0 Å². The lowest BCUT2D eigenvalue weighted by Gasteiger charge is -2.22. The molecule has 0 aliphatic rings. The van der Waals surface area contributed by atoms with Crippen LogP contribution < -0.4 is 15.8 Å². The Morgan fingerprint density at radius 2 is 1.68 bits per heavy atom. The molecule has 166 valence electrons. The molecule has 3 aromatic rings. The van der Waals surface area contributed by atoms with E-state index in [9.17, 15) is 18.0 Å². The Balaban J connectivity index is 1.82. The van der Waals surface area contributed by atoms with Gasteiger partial charge in [0.25, 0.3) is 0 Å². The Morgan fingerprint density at radius 1 is 1.03 bits per heavy atom. The molecule has 31 heavy (non-hydrogen) atoms. The molecule has 2 N–H and O–H groups in total. The first-order valence-corrected chi connectivity index (χ1v) is 11.5. The Kier molecular flexibility index (Phi) is 6.38. The maximum atomic E-state index is 12.9. The molecule has 1 atom stereocenters. The molecule has 8 nitrogen and oxygen atoms in total. The van der Waals surface area contributed by atoms with E-state index in [1.165, 1.54) is 29.8 Å². The van der Waals surface area contributed by atoms with Crippen LogP contribution in [-0.2, 0) is 21.9 Å². The SMILES string of the molecule is CC(C)c1ccc(NC(=O)C(NS(=O)(=O)c2ccc3c(c2)oc(=O)n3C)C(C)C)cc1. The van der Waals surface area contributed by atoms with Crippen molar-refractivity contribution in [3.8, 4) is 0 Å². The number of aromatic nitrogens is 1. The largest absolute Gasteiger partial charge is 0.419 e. The van der Waals surface area contributed by atoms with Crippen molar-refractivity contribution in [2.45, 2.75) is 44.6 Å². The van der Waals surface area contributed by atoms with Crippen LogP contribution in [0.25, 0.3) is 11.1 Å². The number of amides is 1. The van der Waals surface area contributed by atoms with E-state index < -0.39 is 27.7 Å². The molecule has 0 bridgehead atoms. The summed E-state index contributed by atoms with van der Waals surface area (Å²) in [7, 11) is -2.50. The maximum Gasteiger partial charge on any atom is 0.419 e. The minimum absolute atomic E-state index is 0.0888. The number of nitrogens with zero attached hydrogens (tertiary/aromatic N) is 1. The van der Waals surface area contributed by atoms with Gasteiger partial charge in [-0.25, -0.2) is 13.2 Å². The molecule has 0 aliphatic carbocycles. The highest BCUT2D eigenvalue weighted by molar-refractivity contribution is 7.89. The molecular weight excluding hydrogens is 418 g/mol. The number of fused-ring (bicyclic) bond motifs is 1. The fourth-order valence-corrected chi connectivity index (χ4v) is 4.54. The summed E-state index contributed by atoms with van der Waals surface area (Å²) < 4.78 is 34.7. The summed E-state index contributed by atoms with van der Waals surface area (Å²) in [5, 5.41) is 2.77. The number of benzene rings is 2. The summed E-state index contributed by atoms with van der Waals surface area (Å²) in [6.07, 6.45) is 0. The van der Waals surface area contributed by atoms with Crippen LogP contribution in [0.15, 0.2) is 56.6 Å². The van der Waals surface area contributed by atoms with Crippen molar-refractivity contribution in [1.29, 1.82) is 0 Å². The van der Waals surface area contributed by atoms with E-state index >= 15 is 0 Å². The summed E-state index contributed by atoms with van der Waals surface area (Å²) in [6.45, 7) is 7.67. The fraction of sp³-hybridized carbons (Fsp3) is 0.364. The van der Waals surface area contributed by atoms with Crippen LogP contribution in [0, 0.1) is 5.92 Å². The third-order valence-electron chi connectivity index (χ3n) is 5.15. The predicted octanol–water partition coefficient (Wildman–Crippen LogP) is 3.20. The van der Waals surface area contributed by atoms with Gasteiger partial charge in [0.15, 0.2) is 5.58 Å². The third-order valence-corrected chi connectivity index (χ3v) is 6.59. The molecule has 3 rings (SSSR count). The van der Waals surface area contributed by atoms with Gasteiger partial charge in [-0.1, -0.05) is 39.8 Å². The molecule has 0 fully saturated rings. The van der Waals surface area contributed by atoms with Crippen LogP contribution >= 0.6 is 0 Å². The molecule has 0 saturated carbocycles. The number of nitrogens with one attached hydrogen (secondary N) is 2. The van der Waals surface area contributed by atoms with E-state index in [-0.39, 0.29) is 16.4 Å². The van der Waals surface area contributed by atoms with Gasteiger partial charge in [-0.2, -0.15) is 4.72 Å². The number of hydrogen-bond donors (Lipinski definition) is 2. The molecule has 2 aromatic carbocycles. The zero-order valence-corrected chi connectivity index (χ0v) is 19.0. The summed E-state index contributed by atoms with van der Waals surface area (Å²) in [4.78, 5) is 24.4. The Morgan fingerprint density at radius 3 is 2.26 bits per heavy atom. The molecule has 1 unspecified atom stereocenters. The Bertz CT molecular complexity index is 1250. The number of carbonyl (C=O) groups excluding carboxylic acids is 1. The summed E-state index contributed by atoms with van der Waals surface area (Å²) >= 11 is 0. The molecule has 0 aliphatic heterocycles. The van der Waals surface area contributed by atoms with Crippen LogP contribution in [-0.4, -0.2) is 24.9 Å². The van der Waals surface area contributed by atoms with Gasteiger partial charge in [0, 0.05) is 18.8 Å². The number of carbonyl (C=O) groups is 1. The normalized spacial score (nSPS) is 13.1. The van der Waals surface area contributed by atoms with Crippen LogP contribution in [0.5, 0.6) is 0 Å². The number of rotatable bonds is 7. The molecular formula is C22H27N3O5S. The predicted molar refractivity (Wildman–Crippen MR) is 120 cm³/mol. The van der Waals surface area contributed by atoms with Crippen LogP contribution in [0.2, 0.25) is 0 Å². The highest BCUT2D eigenvalue weighted by Crippen LogP contribution is 2.20. The average Bonchev–Trinajstić information content (AvgIpc) is 2.99. The van der Waals surface area contributed by atoms with Crippen molar-refractivity contribution >= 4 is 32.7 Å². The summed E-state index contributed by atoms with van der Waals surface area (Å²) in [5.74, 6) is -0.974. The van der Waals surface area contributed by atoms with Crippen LogP contribution in [0.3, 0.4) is 0 Å². The number of anilines is 1. The van der Waals surface area contributed by atoms with E-state index in [4.69, 9.17) is 4.42 Å². The fourth-order valence-electron chi connectivity index (χ4n) is 3.18. The van der Waals surface area contributed by atoms with E-state index in [2.05, 4.69) is 23.9 Å². The van der Waals surface area contributed by atoms with Gasteiger partial charge in [0.05, 0.1) is 10.4 Å². The van der Waals surface area contributed by atoms with E-state index in [0.717, 1.165) is 5.56 Å². The molecule has 1 heterocycles. The summed E-state index contributed by atoms with van der Waals surface area (Å²) in [6, 6.07) is 10.6. The van der Waals surface area contributed by atoms with E-state index in [1.54, 1.807) is 26.0 Å². The van der Waals surface area contributed by atoms with Gasteiger partial charge in [0.1, 0.15) is 6.04 Å². The van der Waals surface area contributed by atoms with E-state index in [0.29, 0.717) is 17.1 Å². The minimum atomic E-state index is -4.04. The molecule has 0 spiro atoms. The van der Waals surface area contributed by atoms with Crippen molar-refractivity contribution in [3.05, 3.63) is 58.6 Å². The van der Waals surface area contributed by atoms with Gasteiger partial charge in [-0.05, 0) is 41.7 Å². The lowest BCUT2D eigenvalue weighted by Crippen LogP contribution is -2.47. The summed E-state index contributed by atoms with van der Waals surface area (Å²) in [5.41, 5.74) is 2.37. The van der Waals surface area contributed by atoms with Crippen molar-refractivity contribution in [1.82, 2.24) is 9.29 Å². The van der Waals surface area contributed by atoms with Crippen molar-refractivity contribution < 1.29 is 17.6 Å². The Hall–Kier alpha value is -2.91. The van der Waals surface area contributed by atoms with Crippen LogP contribution in [0.4, 0.5) is 5.69 Å². The van der Waals surface area contributed by atoms with Gasteiger partial charge in [-0.3, -0.25) is 9.36 Å². The monoisotopic (exact) mass is 445 g/mol. The zero-order valence-electron chi connectivity index (χ0n) is 18.2. The molecule has 1 aromatic heterocycles. The number of oxazole rings is 1. The molecule has 9 heteroatoms. The lowest BCUT2D eigenvalue weighted by molar-refractivity contribution is -0.118. The standard InChI is InChI=1S/C22H27N3O5S/c1-13(2)15-6-8-16(9-7-15)23-21(26)20(14(3)4)24-31(28,29)17-10-11-18-19(12-17)30-22(27)25(18)5/h6-14,20,24H,1-5H3,(H,23,26). The second kappa shape index (κ2) is 8.68. The third kappa shape index (κ3) is 4.88. The first-order valence-electron chi connectivity index (χ1n) is 10.0. The topological polar surface area (TPSA) is 110 Å². The molecule has 0 radical (unpaired) electrons.